The number of alkyl halides is 2. The molecule has 0 fully saturated rings. The lowest BCUT2D eigenvalue weighted by molar-refractivity contribution is 0.125. The zero-order valence-corrected chi connectivity index (χ0v) is 11.3. The number of hydrogen-bond acceptors (Lipinski definition) is 1. The second-order valence-electron chi connectivity index (χ2n) is 4.31. The molecule has 0 saturated carbocycles. The Morgan fingerprint density at radius 1 is 1.25 bits per heavy atom. The van der Waals surface area contributed by atoms with Crippen LogP contribution in [0.2, 0.25) is 5.02 Å². The molecule has 1 aromatic carbocycles. The molecule has 1 aromatic heterocycles. The van der Waals surface area contributed by atoms with E-state index < -0.39 is 24.3 Å². The van der Waals surface area contributed by atoms with Crippen molar-refractivity contribution in [2.24, 2.45) is 0 Å². The van der Waals surface area contributed by atoms with E-state index in [9.17, 15) is 18.0 Å². The molecule has 1 heterocycles. The molecule has 0 saturated heterocycles. The Morgan fingerprint density at radius 3 is 2.55 bits per heavy atom. The molecule has 0 amide bonds. The minimum absolute atomic E-state index is 0.0454. The third kappa shape index (κ3) is 2.72. The zero-order valence-electron chi connectivity index (χ0n) is 10.5. The van der Waals surface area contributed by atoms with Gasteiger partial charge in [0.2, 0.25) is 0 Å². The van der Waals surface area contributed by atoms with E-state index in [1.807, 2.05) is 0 Å². The van der Waals surface area contributed by atoms with Crippen molar-refractivity contribution in [3.05, 3.63) is 57.1 Å². The first-order valence-electron chi connectivity index (χ1n) is 5.84. The summed E-state index contributed by atoms with van der Waals surface area (Å²) in [6, 6.07) is 6.89. The van der Waals surface area contributed by atoms with Crippen molar-refractivity contribution in [1.82, 2.24) is 4.57 Å². The molecular formula is C14H11ClF3NO. The van der Waals surface area contributed by atoms with Crippen molar-refractivity contribution in [2.45, 2.75) is 19.9 Å². The molecule has 20 heavy (non-hydrogen) atoms. The SMILES string of the molecule is Cc1ccc(-c2c(F)cccc2Cl)n(CC(F)F)c1=O. The first-order valence-corrected chi connectivity index (χ1v) is 6.22. The van der Waals surface area contributed by atoms with E-state index in [0.29, 0.717) is 5.56 Å². The molecule has 2 rings (SSSR count). The molecule has 106 valence electrons. The number of halogens is 4. The van der Waals surface area contributed by atoms with Crippen molar-refractivity contribution in [3.63, 3.8) is 0 Å². The Bertz CT molecular complexity index is 677. The van der Waals surface area contributed by atoms with Gasteiger partial charge < -0.3 is 4.57 Å². The van der Waals surface area contributed by atoms with Gasteiger partial charge in [-0.25, -0.2) is 13.2 Å². The van der Waals surface area contributed by atoms with Crippen LogP contribution in [0.3, 0.4) is 0 Å². The third-order valence-electron chi connectivity index (χ3n) is 2.90. The summed E-state index contributed by atoms with van der Waals surface area (Å²) in [5.41, 5.74) is -0.278. The summed E-state index contributed by atoms with van der Waals surface area (Å²) in [5.74, 6) is -0.663. The van der Waals surface area contributed by atoms with Gasteiger partial charge in [-0.1, -0.05) is 23.7 Å². The maximum atomic E-state index is 13.9. The minimum atomic E-state index is -2.72. The highest BCUT2D eigenvalue weighted by atomic mass is 35.5. The summed E-state index contributed by atoms with van der Waals surface area (Å²) in [6.07, 6.45) is -2.72. The van der Waals surface area contributed by atoms with E-state index in [2.05, 4.69) is 0 Å². The van der Waals surface area contributed by atoms with Crippen molar-refractivity contribution in [3.8, 4) is 11.3 Å². The number of nitrogens with zero attached hydrogens (tertiary/aromatic N) is 1. The molecule has 0 aliphatic carbocycles. The van der Waals surface area contributed by atoms with Gasteiger partial charge in [-0.05, 0) is 25.1 Å². The topological polar surface area (TPSA) is 22.0 Å². The largest absolute Gasteiger partial charge is 0.302 e. The van der Waals surface area contributed by atoms with E-state index in [4.69, 9.17) is 11.6 Å². The highest BCUT2D eigenvalue weighted by molar-refractivity contribution is 6.33. The normalized spacial score (nSPS) is 11.1. The Hall–Kier alpha value is -1.75. The van der Waals surface area contributed by atoms with Crippen molar-refractivity contribution < 1.29 is 13.2 Å². The van der Waals surface area contributed by atoms with E-state index in [1.54, 1.807) is 0 Å². The number of benzene rings is 1. The van der Waals surface area contributed by atoms with Gasteiger partial charge in [-0.3, -0.25) is 4.79 Å². The van der Waals surface area contributed by atoms with Crippen LogP contribution in [0.4, 0.5) is 13.2 Å². The molecule has 0 spiro atoms. The molecule has 0 bridgehead atoms. The fourth-order valence-corrected chi connectivity index (χ4v) is 2.23. The second kappa shape index (κ2) is 5.71. The van der Waals surface area contributed by atoms with Crippen LogP contribution in [-0.2, 0) is 6.54 Å². The Balaban J connectivity index is 2.74. The Labute approximate surface area is 118 Å². The molecule has 0 aliphatic heterocycles. The smallest absolute Gasteiger partial charge is 0.256 e. The van der Waals surface area contributed by atoms with Gasteiger partial charge in [0, 0.05) is 5.56 Å². The standard InChI is InChI=1S/C14H11ClF3NO/c1-8-5-6-11(19(14(8)20)7-12(17)18)13-9(15)3-2-4-10(13)16/h2-6,12H,7H2,1H3. The second-order valence-corrected chi connectivity index (χ2v) is 4.71. The number of aromatic nitrogens is 1. The molecule has 2 nitrogen and oxygen atoms in total. The lowest BCUT2D eigenvalue weighted by atomic mass is 10.1. The van der Waals surface area contributed by atoms with Crippen molar-refractivity contribution in [2.75, 3.05) is 0 Å². The molecule has 0 N–H and O–H groups in total. The average molecular weight is 302 g/mol. The van der Waals surface area contributed by atoms with Crippen LogP contribution in [0.5, 0.6) is 0 Å². The van der Waals surface area contributed by atoms with E-state index >= 15 is 0 Å². The number of rotatable bonds is 3. The zero-order chi connectivity index (χ0) is 14.9. The molecule has 0 atom stereocenters. The number of aryl methyl sites for hydroxylation is 1. The summed E-state index contributed by atoms with van der Waals surface area (Å²) in [6.45, 7) is 0.706. The molecule has 6 heteroatoms. The first-order chi connectivity index (χ1) is 9.41. The number of pyridine rings is 1. The van der Waals surface area contributed by atoms with Gasteiger partial charge in [0.15, 0.2) is 0 Å². The van der Waals surface area contributed by atoms with Crippen LogP contribution in [0.15, 0.2) is 35.1 Å². The van der Waals surface area contributed by atoms with Crippen molar-refractivity contribution >= 4 is 11.6 Å². The molecule has 2 aromatic rings. The highest BCUT2D eigenvalue weighted by Crippen LogP contribution is 2.30. The summed E-state index contributed by atoms with van der Waals surface area (Å²) in [5, 5.41) is 0.0660. The van der Waals surface area contributed by atoms with E-state index in [-0.39, 0.29) is 16.3 Å². The maximum Gasteiger partial charge on any atom is 0.256 e. The third-order valence-corrected chi connectivity index (χ3v) is 3.22. The fourth-order valence-electron chi connectivity index (χ4n) is 1.97. The van der Waals surface area contributed by atoms with Gasteiger partial charge >= 0.3 is 0 Å². The minimum Gasteiger partial charge on any atom is -0.302 e. The van der Waals surface area contributed by atoms with Gasteiger partial charge in [0.1, 0.15) is 5.82 Å². The molecule has 0 radical (unpaired) electrons. The van der Waals surface area contributed by atoms with Crippen molar-refractivity contribution in [1.29, 1.82) is 0 Å². The van der Waals surface area contributed by atoms with Crippen LogP contribution in [0, 0.1) is 12.7 Å². The van der Waals surface area contributed by atoms with E-state index in [0.717, 1.165) is 10.6 Å². The van der Waals surface area contributed by atoms with Gasteiger partial charge in [-0.2, -0.15) is 0 Å². The van der Waals surface area contributed by atoms with Gasteiger partial charge in [0.25, 0.3) is 12.0 Å². The van der Waals surface area contributed by atoms with Crippen LogP contribution in [0.1, 0.15) is 5.56 Å². The van der Waals surface area contributed by atoms with Crippen LogP contribution >= 0.6 is 11.6 Å². The molecular weight excluding hydrogens is 291 g/mol. The summed E-state index contributed by atoms with van der Waals surface area (Å²) >= 11 is 5.92. The lowest BCUT2D eigenvalue weighted by Crippen LogP contribution is -2.26. The Kier molecular flexibility index (Phi) is 4.18. The van der Waals surface area contributed by atoms with Crippen LogP contribution in [-0.4, -0.2) is 11.0 Å². The summed E-state index contributed by atoms with van der Waals surface area (Å²) in [4.78, 5) is 12.0. The monoisotopic (exact) mass is 301 g/mol. The Morgan fingerprint density at radius 2 is 1.95 bits per heavy atom. The predicted molar refractivity (Wildman–Crippen MR) is 71.8 cm³/mol. The van der Waals surface area contributed by atoms with Gasteiger partial charge in [0.05, 0.1) is 22.8 Å². The van der Waals surface area contributed by atoms with Crippen LogP contribution in [0.25, 0.3) is 11.3 Å². The average Bonchev–Trinajstić information content (AvgIpc) is 2.37. The summed E-state index contributed by atoms with van der Waals surface area (Å²) in [7, 11) is 0. The molecule has 0 aliphatic rings. The lowest BCUT2D eigenvalue weighted by Gasteiger charge is -2.15. The van der Waals surface area contributed by atoms with Crippen LogP contribution < -0.4 is 5.56 Å². The molecule has 0 unspecified atom stereocenters. The highest BCUT2D eigenvalue weighted by Gasteiger charge is 2.17. The summed E-state index contributed by atoms with van der Waals surface area (Å²) < 4.78 is 40.0. The first kappa shape index (κ1) is 14.7. The fraction of sp³-hybridized carbons (Fsp3) is 0.214. The maximum absolute atomic E-state index is 13.9. The number of hydrogen-bond donors (Lipinski definition) is 0. The van der Waals surface area contributed by atoms with E-state index in [1.165, 1.54) is 31.2 Å². The quantitative estimate of drug-likeness (QED) is 0.843. The van der Waals surface area contributed by atoms with Gasteiger partial charge in [-0.15, -0.1) is 0 Å². The predicted octanol–water partition coefficient (Wildman–Crippen LogP) is 3.88.